The molecule has 1 saturated heterocycles. The predicted molar refractivity (Wildman–Crippen MR) is 130 cm³/mol. The summed E-state index contributed by atoms with van der Waals surface area (Å²) in [5.41, 5.74) is 4.82. The van der Waals surface area contributed by atoms with Crippen molar-refractivity contribution in [2.75, 3.05) is 42.9 Å². The van der Waals surface area contributed by atoms with Crippen LogP contribution in [-0.4, -0.2) is 43.5 Å². The van der Waals surface area contributed by atoms with Gasteiger partial charge in [0.15, 0.2) is 0 Å². The van der Waals surface area contributed by atoms with Gasteiger partial charge < -0.3 is 15.1 Å². The number of carbonyl (C=O) groups is 1. The lowest BCUT2D eigenvalue weighted by Gasteiger charge is -2.23. The second-order valence-corrected chi connectivity index (χ2v) is 8.05. The van der Waals surface area contributed by atoms with E-state index in [4.69, 9.17) is 5.26 Å². The normalized spacial score (nSPS) is 14.4. The maximum absolute atomic E-state index is 12.7. The molecule has 0 atom stereocenters. The van der Waals surface area contributed by atoms with Gasteiger partial charge in [0.05, 0.1) is 11.6 Å². The Morgan fingerprint density at radius 3 is 2.41 bits per heavy atom. The van der Waals surface area contributed by atoms with Crippen molar-refractivity contribution in [2.45, 2.75) is 12.8 Å². The molecule has 0 radical (unpaired) electrons. The number of para-hydroxylation sites is 1. The van der Waals surface area contributed by atoms with Crippen LogP contribution in [-0.2, 0) is 4.79 Å². The van der Waals surface area contributed by atoms with Crippen LogP contribution in [0.1, 0.15) is 18.4 Å². The van der Waals surface area contributed by atoms with Gasteiger partial charge in [0.2, 0.25) is 5.91 Å². The third kappa shape index (κ3) is 5.54. The topological polar surface area (TPSA) is 59.4 Å². The summed E-state index contributed by atoms with van der Waals surface area (Å²) in [6, 6.07) is 28.0. The van der Waals surface area contributed by atoms with Crippen molar-refractivity contribution in [2.24, 2.45) is 0 Å². The van der Waals surface area contributed by atoms with Crippen LogP contribution >= 0.6 is 0 Å². The Morgan fingerprint density at radius 1 is 0.875 bits per heavy atom. The summed E-state index contributed by atoms with van der Waals surface area (Å²) in [4.78, 5) is 17.4. The number of benzene rings is 3. The Morgan fingerprint density at radius 2 is 1.62 bits per heavy atom. The molecule has 5 heteroatoms. The molecule has 1 heterocycles. The number of carbonyl (C=O) groups excluding carboxylic acids is 1. The first-order valence-corrected chi connectivity index (χ1v) is 11.1. The smallest absolute Gasteiger partial charge is 0.225 e. The van der Waals surface area contributed by atoms with Gasteiger partial charge in [-0.2, -0.15) is 5.26 Å². The lowest BCUT2D eigenvalue weighted by molar-refractivity contribution is -0.116. The van der Waals surface area contributed by atoms with Crippen molar-refractivity contribution in [3.8, 4) is 17.2 Å². The molecule has 3 aromatic rings. The van der Waals surface area contributed by atoms with Crippen LogP contribution in [0.3, 0.4) is 0 Å². The summed E-state index contributed by atoms with van der Waals surface area (Å²) in [6.45, 7) is 4.57. The van der Waals surface area contributed by atoms with Gasteiger partial charge in [-0.1, -0.05) is 48.5 Å². The number of amides is 1. The Balaban J connectivity index is 1.30. The van der Waals surface area contributed by atoms with Crippen LogP contribution in [0.5, 0.6) is 0 Å². The molecule has 0 unspecified atom stereocenters. The molecule has 0 aliphatic carbocycles. The summed E-state index contributed by atoms with van der Waals surface area (Å²) < 4.78 is 0. The highest BCUT2D eigenvalue weighted by Crippen LogP contribution is 2.27. The standard InChI is InChI=1S/C27H28N4O/c28-21-22-11-13-24(14-12-22)31-17-6-16-30(19-20-31)18-15-27(32)29-26-10-5-4-9-25(26)23-7-2-1-3-8-23/h1-5,7-14H,6,15-20H2,(H,29,32). The van der Waals surface area contributed by atoms with E-state index >= 15 is 0 Å². The van der Waals surface area contributed by atoms with Gasteiger partial charge in [0.25, 0.3) is 0 Å². The molecule has 1 N–H and O–H groups in total. The van der Waals surface area contributed by atoms with Crippen LogP contribution in [0.4, 0.5) is 11.4 Å². The van der Waals surface area contributed by atoms with Gasteiger partial charge in [-0.3, -0.25) is 4.79 Å². The highest BCUT2D eigenvalue weighted by atomic mass is 16.1. The molecule has 0 aromatic heterocycles. The first-order valence-electron chi connectivity index (χ1n) is 11.1. The maximum Gasteiger partial charge on any atom is 0.225 e. The molecule has 0 bridgehead atoms. The SMILES string of the molecule is N#Cc1ccc(N2CCCN(CCC(=O)Nc3ccccc3-c3ccccc3)CC2)cc1. The zero-order valence-corrected chi connectivity index (χ0v) is 18.2. The highest BCUT2D eigenvalue weighted by molar-refractivity contribution is 5.95. The number of nitriles is 1. The fourth-order valence-corrected chi connectivity index (χ4v) is 4.13. The molecular formula is C27H28N4O. The minimum absolute atomic E-state index is 0.0431. The van der Waals surface area contributed by atoms with Crippen molar-refractivity contribution >= 4 is 17.3 Å². The maximum atomic E-state index is 12.7. The summed E-state index contributed by atoms with van der Waals surface area (Å²) in [5, 5.41) is 12.1. The largest absolute Gasteiger partial charge is 0.370 e. The average Bonchev–Trinajstić information content (AvgIpc) is 3.09. The van der Waals surface area contributed by atoms with Gasteiger partial charge >= 0.3 is 0 Å². The minimum Gasteiger partial charge on any atom is -0.370 e. The fraction of sp³-hybridized carbons (Fsp3) is 0.259. The van der Waals surface area contributed by atoms with E-state index in [1.165, 1.54) is 0 Å². The van der Waals surface area contributed by atoms with E-state index in [2.05, 4.69) is 33.3 Å². The lowest BCUT2D eigenvalue weighted by atomic mass is 10.0. The van der Waals surface area contributed by atoms with Crippen molar-refractivity contribution < 1.29 is 4.79 Å². The van der Waals surface area contributed by atoms with Gasteiger partial charge in [0.1, 0.15) is 0 Å². The van der Waals surface area contributed by atoms with E-state index in [9.17, 15) is 4.79 Å². The Labute approximate surface area is 189 Å². The van der Waals surface area contributed by atoms with Crippen LogP contribution in [0.25, 0.3) is 11.1 Å². The minimum atomic E-state index is 0.0431. The lowest BCUT2D eigenvalue weighted by Crippen LogP contribution is -2.32. The summed E-state index contributed by atoms with van der Waals surface area (Å²) in [5.74, 6) is 0.0431. The Hall–Kier alpha value is -3.62. The van der Waals surface area contributed by atoms with Crippen LogP contribution in [0.15, 0.2) is 78.9 Å². The van der Waals surface area contributed by atoms with E-state index in [1.54, 1.807) is 0 Å². The quantitative estimate of drug-likeness (QED) is 0.619. The number of hydrogen-bond acceptors (Lipinski definition) is 4. The zero-order chi connectivity index (χ0) is 22.2. The molecule has 1 aliphatic heterocycles. The molecule has 1 amide bonds. The van der Waals surface area contributed by atoms with Crippen LogP contribution < -0.4 is 10.2 Å². The Bertz CT molecular complexity index is 1070. The van der Waals surface area contributed by atoms with E-state index < -0.39 is 0 Å². The molecular weight excluding hydrogens is 396 g/mol. The first-order chi connectivity index (χ1) is 15.7. The molecule has 1 aliphatic rings. The van der Waals surface area contributed by atoms with Crippen molar-refractivity contribution in [1.82, 2.24) is 4.90 Å². The van der Waals surface area contributed by atoms with Gasteiger partial charge in [-0.25, -0.2) is 0 Å². The van der Waals surface area contributed by atoms with Crippen LogP contribution in [0.2, 0.25) is 0 Å². The van der Waals surface area contributed by atoms with Gasteiger partial charge in [-0.05, 0) is 48.9 Å². The molecule has 5 nitrogen and oxygen atoms in total. The zero-order valence-electron chi connectivity index (χ0n) is 18.2. The van der Waals surface area contributed by atoms with Crippen molar-refractivity contribution in [3.63, 3.8) is 0 Å². The third-order valence-electron chi connectivity index (χ3n) is 5.89. The van der Waals surface area contributed by atoms with E-state index in [-0.39, 0.29) is 5.91 Å². The highest BCUT2D eigenvalue weighted by Gasteiger charge is 2.16. The summed E-state index contributed by atoms with van der Waals surface area (Å²) >= 11 is 0. The van der Waals surface area contributed by atoms with Gasteiger partial charge in [0, 0.05) is 49.5 Å². The number of nitrogens with zero attached hydrogens (tertiary/aromatic N) is 3. The number of rotatable bonds is 6. The number of anilines is 2. The second-order valence-electron chi connectivity index (χ2n) is 8.05. The fourth-order valence-electron chi connectivity index (χ4n) is 4.13. The molecule has 0 spiro atoms. The van der Waals surface area contributed by atoms with E-state index in [0.717, 1.165) is 61.6 Å². The molecule has 3 aromatic carbocycles. The Kier molecular flexibility index (Phi) is 7.16. The average molecular weight is 425 g/mol. The summed E-state index contributed by atoms with van der Waals surface area (Å²) in [6.07, 6.45) is 1.53. The summed E-state index contributed by atoms with van der Waals surface area (Å²) in [7, 11) is 0. The molecule has 4 rings (SSSR count). The molecule has 0 saturated carbocycles. The predicted octanol–water partition coefficient (Wildman–Crippen LogP) is 4.77. The van der Waals surface area contributed by atoms with Crippen molar-refractivity contribution in [1.29, 1.82) is 5.26 Å². The molecule has 1 fully saturated rings. The second kappa shape index (κ2) is 10.6. The first kappa shape index (κ1) is 21.6. The van der Waals surface area contributed by atoms with Crippen LogP contribution in [0, 0.1) is 11.3 Å². The number of hydrogen-bond donors (Lipinski definition) is 1. The molecule has 32 heavy (non-hydrogen) atoms. The molecule has 162 valence electrons. The number of nitrogens with one attached hydrogen (secondary N) is 1. The monoisotopic (exact) mass is 424 g/mol. The van der Waals surface area contributed by atoms with E-state index in [0.29, 0.717) is 12.0 Å². The third-order valence-corrected chi connectivity index (χ3v) is 5.89. The van der Waals surface area contributed by atoms with E-state index in [1.807, 2.05) is 66.7 Å². The van der Waals surface area contributed by atoms with Gasteiger partial charge in [-0.15, -0.1) is 0 Å². The van der Waals surface area contributed by atoms with Crippen molar-refractivity contribution in [3.05, 3.63) is 84.4 Å².